The predicted octanol–water partition coefficient (Wildman–Crippen LogP) is 3.45. The SMILES string of the molecule is O=C(CC1CCN(S(=O)(=O)c2ccc(Cl)cc2)CC1)NCc1ccccc1. The van der Waals surface area contributed by atoms with Gasteiger partial charge in [0.1, 0.15) is 0 Å². The molecular formula is C20H23ClN2O3S. The van der Waals surface area contributed by atoms with Crippen molar-refractivity contribution in [3.8, 4) is 0 Å². The summed E-state index contributed by atoms with van der Waals surface area (Å²) in [7, 11) is -3.50. The zero-order valence-corrected chi connectivity index (χ0v) is 16.5. The Balaban J connectivity index is 1.48. The third-order valence-electron chi connectivity index (χ3n) is 4.83. The highest BCUT2D eigenvalue weighted by Gasteiger charge is 2.30. The van der Waals surface area contributed by atoms with Crippen LogP contribution in [-0.2, 0) is 21.4 Å². The van der Waals surface area contributed by atoms with Crippen molar-refractivity contribution in [1.29, 1.82) is 0 Å². The maximum Gasteiger partial charge on any atom is 0.243 e. The van der Waals surface area contributed by atoms with E-state index in [1.54, 1.807) is 12.1 Å². The van der Waals surface area contributed by atoms with Crippen LogP contribution < -0.4 is 5.32 Å². The Morgan fingerprint density at radius 1 is 1.04 bits per heavy atom. The van der Waals surface area contributed by atoms with Crippen LogP contribution in [0.3, 0.4) is 0 Å². The molecule has 1 fully saturated rings. The van der Waals surface area contributed by atoms with Crippen molar-refractivity contribution < 1.29 is 13.2 Å². The molecule has 0 spiro atoms. The van der Waals surface area contributed by atoms with Crippen molar-refractivity contribution in [2.24, 2.45) is 5.92 Å². The average molecular weight is 407 g/mol. The fourth-order valence-electron chi connectivity index (χ4n) is 3.24. The van der Waals surface area contributed by atoms with E-state index in [4.69, 9.17) is 11.6 Å². The van der Waals surface area contributed by atoms with Gasteiger partial charge >= 0.3 is 0 Å². The van der Waals surface area contributed by atoms with Gasteiger partial charge in [-0.05, 0) is 48.6 Å². The van der Waals surface area contributed by atoms with E-state index in [1.807, 2.05) is 30.3 Å². The van der Waals surface area contributed by atoms with E-state index in [0.29, 0.717) is 43.9 Å². The van der Waals surface area contributed by atoms with Gasteiger partial charge in [0.05, 0.1) is 4.90 Å². The topological polar surface area (TPSA) is 66.5 Å². The van der Waals surface area contributed by atoms with Crippen LogP contribution in [0.2, 0.25) is 5.02 Å². The largest absolute Gasteiger partial charge is 0.352 e. The van der Waals surface area contributed by atoms with Crippen molar-refractivity contribution in [3.05, 3.63) is 65.2 Å². The standard InChI is InChI=1S/C20H23ClN2O3S/c21-18-6-8-19(9-7-18)27(25,26)23-12-10-16(11-13-23)14-20(24)22-15-17-4-2-1-3-5-17/h1-9,16H,10-15H2,(H,22,24). The first-order valence-corrected chi connectivity index (χ1v) is 10.8. The quantitative estimate of drug-likeness (QED) is 0.798. The van der Waals surface area contributed by atoms with Crippen molar-refractivity contribution in [3.63, 3.8) is 0 Å². The van der Waals surface area contributed by atoms with E-state index in [1.165, 1.54) is 16.4 Å². The molecule has 0 saturated carbocycles. The molecule has 0 unspecified atom stereocenters. The lowest BCUT2D eigenvalue weighted by atomic mass is 9.94. The molecule has 7 heteroatoms. The maximum absolute atomic E-state index is 12.7. The first-order valence-electron chi connectivity index (χ1n) is 9.01. The number of hydrogen-bond acceptors (Lipinski definition) is 3. The van der Waals surface area contributed by atoms with Gasteiger partial charge in [0.15, 0.2) is 0 Å². The maximum atomic E-state index is 12.7. The van der Waals surface area contributed by atoms with Gasteiger partial charge in [0.25, 0.3) is 0 Å². The monoisotopic (exact) mass is 406 g/mol. The number of carbonyl (C=O) groups is 1. The third-order valence-corrected chi connectivity index (χ3v) is 7.00. The molecule has 1 heterocycles. The van der Waals surface area contributed by atoms with E-state index in [0.717, 1.165) is 5.56 Å². The van der Waals surface area contributed by atoms with Crippen LogP contribution in [0.4, 0.5) is 0 Å². The van der Waals surface area contributed by atoms with Gasteiger partial charge in [-0.2, -0.15) is 4.31 Å². The molecule has 144 valence electrons. The number of rotatable bonds is 6. The minimum atomic E-state index is -3.50. The Bertz CT molecular complexity index is 862. The summed E-state index contributed by atoms with van der Waals surface area (Å²) in [6.07, 6.45) is 1.80. The number of halogens is 1. The fourth-order valence-corrected chi connectivity index (χ4v) is 4.84. The van der Waals surface area contributed by atoms with Crippen LogP contribution in [0.15, 0.2) is 59.5 Å². The van der Waals surface area contributed by atoms with Crippen LogP contribution in [0.1, 0.15) is 24.8 Å². The Morgan fingerprint density at radius 3 is 2.30 bits per heavy atom. The summed E-state index contributed by atoms with van der Waals surface area (Å²) < 4.78 is 26.9. The van der Waals surface area contributed by atoms with Crippen LogP contribution >= 0.6 is 11.6 Å². The van der Waals surface area contributed by atoms with E-state index < -0.39 is 10.0 Å². The Morgan fingerprint density at radius 2 is 1.67 bits per heavy atom. The minimum Gasteiger partial charge on any atom is -0.352 e. The first kappa shape index (κ1) is 19.9. The highest BCUT2D eigenvalue weighted by Crippen LogP contribution is 2.26. The molecule has 1 aliphatic heterocycles. The van der Waals surface area contributed by atoms with Gasteiger partial charge in [0.2, 0.25) is 15.9 Å². The lowest BCUT2D eigenvalue weighted by Gasteiger charge is -2.31. The normalized spacial score (nSPS) is 16.2. The molecule has 1 amide bonds. The van der Waals surface area contributed by atoms with Crippen molar-refractivity contribution in [1.82, 2.24) is 9.62 Å². The van der Waals surface area contributed by atoms with E-state index in [2.05, 4.69) is 5.32 Å². The summed E-state index contributed by atoms with van der Waals surface area (Å²) in [5, 5.41) is 3.44. The van der Waals surface area contributed by atoms with E-state index >= 15 is 0 Å². The van der Waals surface area contributed by atoms with Crippen LogP contribution in [0, 0.1) is 5.92 Å². The van der Waals surface area contributed by atoms with Gasteiger partial charge in [-0.25, -0.2) is 8.42 Å². The second-order valence-corrected chi connectivity index (χ2v) is 9.14. The molecular weight excluding hydrogens is 384 g/mol. The highest BCUT2D eigenvalue weighted by atomic mass is 35.5. The molecule has 1 saturated heterocycles. The molecule has 0 aliphatic carbocycles. The Labute approximate surface area is 165 Å². The molecule has 1 N–H and O–H groups in total. The van der Waals surface area contributed by atoms with Crippen molar-refractivity contribution >= 4 is 27.5 Å². The number of benzene rings is 2. The van der Waals surface area contributed by atoms with Gasteiger partial charge in [0, 0.05) is 31.1 Å². The smallest absolute Gasteiger partial charge is 0.243 e. The summed E-state index contributed by atoms with van der Waals surface area (Å²) in [6, 6.07) is 16.0. The van der Waals surface area contributed by atoms with Crippen LogP contribution in [0.5, 0.6) is 0 Å². The summed E-state index contributed by atoms with van der Waals surface area (Å²) in [4.78, 5) is 12.4. The average Bonchev–Trinajstić information content (AvgIpc) is 2.68. The molecule has 27 heavy (non-hydrogen) atoms. The van der Waals surface area contributed by atoms with Gasteiger partial charge in [-0.3, -0.25) is 4.79 Å². The highest BCUT2D eigenvalue weighted by molar-refractivity contribution is 7.89. The molecule has 3 rings (SSSR count). The molecule has 0 radical (unpaired) electrons. The van der Waals surface area contributed by atoms with Gasteiger partial charge in [-0.15, -0.1) is 0 Å². The zero-order valence-electron chi connectivity index (χ0n) is 15.0. The van der Waals surface area contributed by atoms with Crippen molar-refractivity contribution in [2.75, 3.05) is 13.1 Å². The zero-order chi connectivity index (χ0) is 19.3. The molecule has 2 aromatic carbocycles. The third kappa shape index (κ3) is 5.31. The van der Waals surface area contributed by atoms with Crippen LogP contribution in [-0.4, -0.2) is 31.7 Å². The summed E-state index contributed by atoms with van der Waals surface area (Å²) in [5.41, 5.74) is 1.06. The second-order valence-electron chi connectivity index (χ2n) is 6.77. The molecule has 1 aliphatic rings. The van der Waals surface area contributed by atoms with Crippen LogP contribution in [0.25, 0.3) is 0 Å². The van der Waals surface area contributed by atoms with Crippen molar-refractivity contribution in [2.45, 2.75) is 30.7 Å². The number of nitrogens with one attached hydrogen (secondary N) is 1. The molecule has 0 bridgehead atoms. The van der Waals surface area contributed by atoms with Gasteiger partial charge in [-0.1, -0.05) is 41.9 Å². The Kier molecular flexibility index (Phi) is 6.52. The summed E-state index contributed by atoms with van der Waals surface area (Å²) >= 11 is 5.83. The Hall–Kier alpha value is -1.89. The van der Waals surface area contributed by atoms with E-state index in [-0.39, 0.29) is 16.7 Å². The number of hydrogen-bond donors (Lipinski definition) is 1. The van der Waals surface area contributed by atoms with E-state index in [9.17, 15) is 13.2 Å². The fraction of sp³-hybridized carbons (Fsp3) is 0.350. The summed E-state index contributed by atoms with van der Waals surface area (Å²) in [6.45, 7) is 1.38. The predicted molar refractivity (Wildman–Crippen MR) is 106 cm³/mol. The second kappa shape index (κ2) is 8.87. The van der Waals surface area contributed by atoms with Gasteiger partial charge < -0.3 is 5.32 Å². The summed E-state index contributed by atoms with van der Waals surface area (Å²) in [5.74, 6) is 0.218. The lowest BCUT2D eigenvalue weighted by Crippen LogP contribution is -2.39. The number of nitrogens with zero attached hydrogens (tertiary/aromatic N) is 1. The number of sulfonamides is 1. The molecule has 0 atom stereocenters. The molecule has 5 nitrogen and oxygen atoms in total. The number of piperidine rings is 1. The number of carbonyl (C=O) groups excluding carboxylic acids is 1. The first-order chi connectivity index (χ1) is 12.9. The molecule has 0 aromatic heterocycles. The molecule has 2 aromatic rings. The number of amides is 1. The minimum absolute atomic E-state index is 0.0119. The lowest BCUT2D eigenvalue weighted by molar-refractivity contribution is -0.122.